The van der Waals surface area contributed by atoms with Crippen molar-refractivity contribution in [3.05, 3.63) is 53.2 Å². The number of nitrogens with one attached hydrogen (secondary N) is 1. The molecule has 0 aromatic carbocycles. The summed E-state index contributed by atoms with van der Waals surface area (Å²) in [5.41, 5.74) is 1.93. The Morgan fingerprint density at radius 1 is 1.45 bits per heavy atom. The number of aryl methyl sites for hydroxylation is 2. The monoisotopic (exact) mass is 321 g/mol. The minimum Gasteiger partial charge on any atom is -0.456 e. The Bertz CT molecular complexity index is 642. The maximum atomic E-state index is 12.8. The van der Waals surface area contributed by atoms with Gasteiger partial charge >= 0.3 is 0 Å². The van der Waals surface area contributed by atoms with Crippen LogP contribution in [0.15, 0.2) is 35.0 Å². The zero-order chi connectivity index (χ0) is 14.8. The predicted octanol–water partition coefficient (Wildman–Crippen LogP) is 2.50. The fourth-order valence-corrected chi connectivity index (χ4v) is 2.80. The van der Waals surface area contributed by atoms with Crippen molar-refractivity contribution in [1.82, 2.24) is 15.2 Å². The van der Waals surface area contributed by atoms with Crippen LogP contribution in [0.3, 0.4) is 0 Å². The number of pyridine rings is 1. The van der Waals surface area contributed by atoms with Crippen molar-refractivity contribution in [2.75, 3.05) is 19.6 Å². The highest BCUT2D eigenvalue weighted by Crippen LogP contribution is 2.25. The fourth-order valence-electron chi connectivity index (χ4n) is 2.80. The normalized spacial score (nSPS) is 17.9. The van der Waals surface area contributed by atoms with Crippen molar-refractivity contribution in [2.45, 2.75) is 19.9 Å². The number of piperazine rings is 1. The molecule has 0 radical (unpaired) electrons. The summed E-state index contributed by atoms with van der Waals surface area (Å²) in [6, 6.07) is 5.79. The van der Waals surface area contributed by atoms with E-state index in [1.807, 2.05) is 43.1 Å². The van der Waals surface area contributed by atoms with Crippen LogP contribution in [0.25, 0.3) is 0 Å². The number of carbonyl (C=O) groups excluding carboxylic acids is 1. The number of furan rings is 1. The maximum Gasteiger partial charge on any atom is 0.290 e. The lowest BCUT2D eigenvalue weighted by atomic mass is 10.0. The number of nitrogens with zero attached hydrogens (tertiary/aromatic N) is 2. The van der Waals surface area contributed by atoms with Gasteiger partial charge in [0.15, 0.2) is 5.76 Å². The molecule has 0 aliphatic carbocycles. The van der Waals surface area contributed by atoms with Gasteiger partial charge in [0.2, 0.25) is 0 Å². The van der Waals surface area contributed by atoms with E-state index < -0.39 is 0 Å². The quantitative estimate of drug-likeness (QED) is 0.923. The smallest absolute Gasteiger partial charge is 0.290 e. The number of rotatable bonds is 2. The Labute approximate surface area is 136 Å². The van der Waals surface area contributed by atoms with Gasteiger partial charge in [0.05, 0.1) is 6.04 Å². The molecule has 1 aliphatic rings. The Kier molecular flexibility index (Phi) is 5.21. The Hall–Kier alpha value is -1.85. The Balaban J connectivity index is 0.00000176. The van der Waals surface area contributed by atoms with E-state index in [4.69, 9.17) is 4.42 Å². The van der Waals surface area contributed by atoms with Gasteiger partial charge in [-0.25, -0.2) is 0 Å². The summed E-state index contributed by atoms with van der Waals surface area (Å²) in [5.74, 6) is 1.17. The minimum absolute atomic E-state index is 0. The zero-order valence-electron chi connectivity index (χ0n) is 12.7. The molecule has 1 fully saturated rings. The third-order valence-corrected chi connectivity index (χ3v) is 3.81. The van der Waals surface area contributed by atoms with Gasteiger partial charge in [-0.05, 0) is 31.5 Å². The minimum atomic E-state index is -0.0454. The second-order valence-corrected chi connectivity index (χ2v) is 5.37. The summed E-state index contributed by atoms with van der Waals surface area (Å²) in [6.45, 7) is 5.96. The van der Waals surface area contributed by atoms with E-state index in [2.05, 4.69) is 10.3 Å². The van der Waals surface area contributed by atoms with Crippen LogP contribution in [0.5, 0.6) is 0 Å². The number of amides is 1. The molecule has 1 atom stereocenters. The maximum absolute atomic E-state index is 12.8. The average molecular weight is 322 g/mol. The summed E-state index contributed by atoms with van der Waals surface area (Å²) in [5, 5.41) is 3.34. The van der Waals surface area contributed by atoms with E-state index in [1.165, 1.54) is 0 Å². The van der Waals surface area contributed by atoms with E-state index in [9.17, 15) is 4.79 Å². The van der Waals surface area contributed by atoms with Crippen molar-refractivity contribution in [3.8, 4) is 0 Å². The van der Waals surface area contributed by atoms with Crippen LogP contribution in [0.4, 0.5) is 0 Å². The molecule has 0 bridgehead atoms. The average Bonchev–Trinajstić information content (AvgIpc) is 2.86. The highest BCUT2D eigenvalue weighted by molar-refractivity contribution is 5.93. The lowest BCUT2D eigenvalue weighted by Crippen LogP contribution is -2.48. The number of hydrogen-bond acceptors (Lipinski definition) is 4. The number of hydrogen-bond donors (Lipinski definition) is 1. The lowest BCUT2D eigenvalue weighted by molar-refractivity contribution is 0.0599. The number of carbonyl (C=O) groups is 1. The van der Waals surface area contributed by atoms with E-state index in [0.29, 0.717) is 12.3 Å². The molecule has 3 rings (SSSR count). The fraction of sp³-hybridized carbons (Fsp3) is 0.375. The molecule has 1 saturated heterocycles. The van der Waals surface area contributed by atoms with Crippen molar-refractivity contribution in [1.29, 1.82) is 0 Å². The summed E-state index contributed by atoms with van der Waals surface area (Å²) >= 11 is 0. The molecule has 0 spiro atoms. The van der Waals surface area contributed by atoms with Gasteiger partial charge in [0.1, 0.15) is 5.76 Å². The van der Waals surface area contributed by atoms with E-state index in [1.54, 1.807) is 6.20 Å². The molecule has 6 heteroatoms. The summed E-state index contributed by atoms with van der Waals surface area (Å²) in [6.07, 6.45) is 3.56. The van der Waals surface area contributed by atoms with E-state index >= 15 is 0 Å². The highest BCUT2D eigenvalue weighted by Gasteiger charge is 2.31. The molecule has 2 aromatic rings. The topological polar surface area (TPSA) is 58.4 Å². The van der Waals surface area contributed by atoms with Crippen LogP contribution >= 0.6 is 12.4 Å². The molecule has 0 saturated carbocycles. The van der Waals surface area contributed by atoms with Gasteiger partial charge in [-0.1, -0.05) is 6.07 Å². The summed E-state index contributed by atoms with van der Waals surface area (Å²) < 4.78 is 5.59. The molecule has 3 heterocycles. The highest BCUT2D eigenvalue weighted by atomic mass is 35.5. The first-order valence-electron chi connectivity index (χ1n) is 7.15. The predicted molar refractivity (Wildman–Crippen MR) is 86.3 cm³/mol. The molecule has 1 aliphatic heterocycles. The second-order valence-electron chi connectivity index (χ2n) is 5.37. The molecule has 5 nitrogen and oxygen atoms in total. The van der Waals surface area contributed by atoms with Crippen molar-refractivity contribution >= 4 is 18.3 Å². The van der Waals surface area contributed by atoms with Crippen LogP contribution in [0, 0.1) is 13.8 Å². The standard InChI is InChI=1S/C16H19N3O2.ClH/c1-11-8-12(2)21-15(11)16(20)19-7-6-18-10-14(19)13-4-3-5-17-9-13;/h3-5,8-9,14,18H,6-7,10H2,1-2H3;1H. The lowest BCUT2D eigenvalue weighted by Gasteiger charge is -2.36. The van der Waals surface area contributed by atoms with Crippen LogP contribution in [0.1, 0.15) is 33.5 Å². The largest absolute Gasteiger partial charge is 0.456 e. The number of halogens is 1. The molecular formula is C16H20ClN3O2. The Morgan fingerprint density at radius 3 is 2.91 bits per heavy atom. The molecule has 1 unspecified atom stereocenters. The van der Waals surface area contributed by atoms with Crippen LogP contribution < -0.4 is 5.32 Å². The van der Waals surface area contributed by atoms with Gasteiger partial charge in [0, 0.05) is 37.6 Å². The first kappa shape index (κ1) is 16.5. The second kappa shape index (κ2) is 6.94. The van der Waals surface area contributed by atoms with Gasteiger partial charge < -0.3 is 14.6 Å². The van der Waals surface area contributed by atoms with Crippen LogP contribution in [-0.2, 0) is 0 Å². The zero-order valence-corrected chi connectivity index (χ0v) is 13.5. The third kappa shape index (κ3) is 3.15. The number of aromatic nitrogens is 1. The van der Waals surface area contributed by atoms with E-state index in [-0.39, 0.29) is 24.4 Å². The third-order valence-electron chi connectivity index (χ3n) is 3.81. The van der Waals surface area contributed by atoms with Gasteiger partial charge in [-0.15, -0.1) is 12.4 Å². The molecule has 2 aromatic heterocycles. The van der Waals surface area contributed by atoms with Crippen molar-refractivity contribution in [3.63, 3.8) is 0 Å². The van der Waals surface area contributed by atoms with Crippen molar-refractivity contribution in [2.24, 2.45) is 0 Å². The SMILES string of the molecule is Cc1cc(C)c(C(=O)N2CCNCC2c2cccnc2)o1.Cl. The van der Waals surface area contributed by atoms with Gasteiger partial charge in [-0.3, -0.25) is 9.78 Å². The Morgan fingerprint density at radius 2 is 2.27 bits per heavy atom. The molecule has 1 amide bonds. The molecule has 1 N–H and O–H groups in total. The summed E-state index contributed by atoms with van der Waals surface area (Å²) in [4.78, 5) is 18.8. The first-order chi connectivity index (χ1) is 10.2. The van der Waals surface area contributed by atoms with Crippen LogP contribution in [-0.4, -0.2) is 35.4 Å². The van der Waals surface area contributed by atoms with E-state index in [0.717, 1.165) is 30.0 Å². The van der Waals surface area contributed by atoms with Crippen molar-refractivity contribution < 1.29 is 9.21 Å². The molecule has 22 heavy (non-hydrogen) atoms. The van der Waals surface area contributed by atoms with Gasteiger partial charge in [0.25, 0.3) is 5.91 Å². The molecule has 118 valence electrons. The van der Waals surface area contributed by atoms with Crippen LogP contribution in [0.2, 0.25) is 0 Å². The summed E-state index contributed by atoms with van der Waals surface area (Å²) in [7, 11) is 0. The molecular weight excluding hydrogens is 302 g/mol. The first-order valence-corrected chi connectivity index (χ1v) is 7.15. The van der Waals surface area contributed by atoms with Gasteiger partial charge in [-0.2, -0.15) is 0 Å².